The molecule has 2 unspecified atom stereocenters. The summed E-state index contributed by atoms with van der Waals surface area (Å²) in [5.41, 5.74) is 2.29. The van der Waals surface area contributed by atoms with Gasteiger partial charge in [-0.3, -0.25) is 9.59 Å². The molecular formula is C24H28N2O3S. The lowest BCUT2D eigenvalue weighted by atomic mass is 9.96. The molecule has 158 valence electrons. The zero-order valence-corrected chi connectivity index (χ0v) is 18.0. The molecule has 30 heavy (non-hydrogen) atoms. The van der Waals surface area contributed by atoms with Gasteiger partial charge < -0.3 is 14.5 Å². The third-order valence-electron chi connectivity index (χ3n) is 5.85. The largest absolute Gasteiger partial charge is 0.368 e. The summed E-state index contributed by atoms with van der Waals surface area (Å²) in [5.74, 6) is -0.135. The molecule has 1 aromatic carbocycles. The van der Waals surface area contributed by atoms with Gasteiger partial charge in [-0.1, -0.05) is 36.4 Å². The molecule has 0 N–H and O–H groups in total. The van der Waals surface area contributed by atoms with Crippen LogP contribution in [0.1, 0.15) is 18.4 Å². The lowest BCUT2D eigenvalue weighted by Crippen LogP contribution is -2.42. The third-order valence-corrected chi connectivity index (χ3v) is 6.77. The van der Waals surface area contributed by atoms with Gasteiger partial charge in [-0.15, -0.1) is 17.9 Å². The maximum atomic E-state index is 13.2. The van der Waals surface area contributed by atoms with Crippen molar-refractivity contribution < 1.29 is 14.3 Å². The van der Waals surface area contributed by atoms with Gasteiger partial charge >= 0.3 is 0 Å². The van der Waals surface area contributed by atoms with Crippen LogP contribution in [0.3, 0.4) is 0 Å². The predicted molar refractivity (Wildman–Crippen MR) is 119 cm³/mol. The number of ether oxygens (including phenoxy) is 1. The van der Waals surface area contributed by atoms with E-state index in [9.17, 15) is 9.59 Å². The Balaban J connectivity index is 1.50. The standard InChI is InChI=1S/C24H28N2O3S/c1-2-11-25-12-13-26(24(28)21-5-3-14-29-21)17-20(23(25)27)16-18-7-9-19(10-8-18)22-6-4-15-30-22/h2,4,6-10,15,20-21H,1,3,5,11-14,16-17H2. The Labute approximate surface area is 181 Å². The number of nitrogens with zero attached hydrogens (tertiary/aromatic N) is 2. The second kappa shape index (κ2) is 9.58. The van der Waals surface area contributed by atoms with Crippen molar-refractivity contribution in [1.29, 1.82) is 0 Å². The number of hydrogen-bond acceptors (Lipinski definition) is 4. The van der Waals surface area contributed by atoms with Crippen molar-refractivity contribution >= 4 is 23.2 Å². The van der Waals surface area contributed by atoms with Crippen molar-refractivity contribution in [2.75, 3.05) is 32.8 Å². The molecule has 1 aromatic heterocycles. The third kappa shape index (κ3) is 4.65. The van der Waals surface area contributed by atoms with Crippen LogP contribution in [0.2, 0.25) is 0 Å². The number of carbonyl (C=O) groups excluding carboxylic acids is 2. The average Bonchev–Trinajstić information content (AvgIpc) is 3.46. The van der Waals surface area contributed by atoms with Gasteiger partial charge in [0.15, 0.2) is 0 Å². The van der Waals surface area contributed by atoms with Crippen LogP contribution in [0.25, 0.3) is 10.4 Å². The molecule has 2 aliphatic heterocycles. The summed E-state index contributed by atoms with van der Waals surface area (Å²) in [7, 11) is 0. The molecule has 5 nitrogen and oxygen atoms in total. The Hall–Kier alpha value is -2.44. The number of amides is 2. The van der Waals surface area contributed by atoms with E-state index in [2.05, 4.69) is 42.3 Å². The van der Waals surface area contributed by atoms with E-state index in [0.717, 1.165) is 18.4 Å². The molecule has 3 heterocycles. The number of carbonyl (C=O) groups is 2. The predicted octanol–water partition coefficient (Wildman–Crippen LogP) is 3.61. The molecule has 2 aliphatic rings. The van der Waals surface area contributed by atoms with E-state index in [1.807, 2.05) is 15.9 Å². The van der Waals surface area contributed by atoms with Gasteiger partial charge in [0.1, 0.15) is 6.10 Å². The minimum atomic E-state index is -0.350. The van der Waals surface area contributed by atoms with Gasteiger partial charge in [0.2, 0.25) is 5.91 Å². The van der Waals surface area contributed by atoms with E-state index in [4.69, 9.17) is 4.74 Å². The second-order valence-corrected chi connectivity index (χ2v) is 8.88. The first-order valence-corrected chi connectivity index (χ1v) is 11.5. The molecule has 2 atom stereocenters. The Morgan fingerprint density at radius 2 is 2.07 bits per heavy atom. The van der Waals surface area contributed by atoms with Crippen LogP contribution in [-0.4, -0.2) is 60.5 Å². The summed E-state index contributed by atoms with van der Waals surface area (Å²) in [6.45, 7) is 6.47. The van der Waals surface area contributed by atoms with E-state index in [1.165, 1.54) is 10.4 Å². The fourth-order valence-electron chi connectivity index (χ4n) is 4.24. The molecule has 2 amide bonds. The first-order valence-electron chi connectivity index (χ1n) is 10.6. The van der Waals surface area contributed by atoms with Crippen LogP contribution in [-0.2, 0) is 20.7 Å². The van der Waals surface area contributed by atoms with Crippen molar-refractivity contribution in [3.05, 3.63) is 60.0 Å². The van der Waals surface area contributed by atoms with Crippen LogP contribution in [0.5, 0.6) is 0 Å². The van der Waals surface area contributed by atoms with E-state index < -0.39 is 0 Å². The highest BCUT2D eigenvalue weighted by atomic mass is 32.1. The molecule has 6 heteroatoms. The molecule has 4 rings (SSSR count). The van der Waals surface area contributed by atoms with E-state index in [-0.39, 0.29) is 23.8 Å². The summed E-state index contributed by atoms with van der Waals surface area (Å²) >= 11 is 1.72. The van der Waals surface area contributed by atoms with Gasteiger partial charge in [0, 0.05) is 37.7 Å². The molecule has 2 fully saturated rings. The monoisotopic (exact) mass is 424 g/mol. The normalized spacial score (nSPS) is 22.2. The smallest absolute Gasteiger partial charge is 0.251 e. The fraction of sp³-hybridized carbons (Fsp3) is 0.417. The first kappa shape index (κ1) is 20.8. The maximum absolute atomic E-state index is 13.2. The fourth-order valence-corrected chi connectivity index (χ4v) is 4.98. The summed E-state index contributed by atoms with van der Waals surface area (Å²) in [4.78, 5) is 31.0. The zero-order chi connectivity index (χ0) is 20.9. The zero-order valence-electron chi connectivity index (χ0n) is 17.2. The van der Waals surface area contributed by atoms with Crippen molar-refractivity contribution in [1.82, 2.24) is 9.80 Å². The highest BCUT2D eigenvalue weighted by Gasteiger charge is 2.35. The summed E-state index contributed by atoms with van der Waals surface area (Å²) in [6.07, 6.45) is 3.71. The van der Waals surface area contributed by atoms with Crippen molar-refractivity contribution in [3.8, 4) is 10.4 Å². The SMILES string of the molecule is C=CCN1CCN(C(=O)C2CCCO2)CC(Cc2ccc(-c3cccs3)cc2)C1=O. The topological polar surface area (TPSA) is 49.9 Å². The molecule has 0 radical (unpaired) electrons. The highest BCUT2D eigenvalue weighted by Crippen LogP contribution is 2.26. The minimum Gasteiger partial charge on any atom is -0.368 e. The van der Waals surface area contributed by atoms with E-state index in [1.54, 1.807) is 17.4 Å². The molecule has 0 bridgehead atoms. The van der Waals surface area contributed by atoms with E-state index in [0.29, 0.717) is 39.2 Å². The van der Waals surface area contributed by atoms with Crippen molar-refractivity contribution in [2.24, 2.45) is 5.92 Å². The average molecular weight is 425 g/mol. The van der Waals surface area contributed by atoms with Crippen molar-refractivity contribution in [3.63, 3.8) is 0 Å². The Bertz CT molecular complexity index is 872. The van der Waals surface area contributed by atoms with Crippen LogP contribution < -0.4 is 0 Å². The van der Waals surface area contributed by atoms with Gasteiger partial charge in [0.25, 0.3) is 5.91 Å². The lowest BCUT2D eigenvalue weighted by Gasteiger charge is -2.25. The molecular weight excluding hydrogens is 396 g/mol. The molecule has 2 saturated heterocycles. The number of rotatable bonds is 6. The lowest BCUT2D eigenvalue weighted by molar-refractivity contribution is -0.141. The van der Waals surface area contributed by atoms with Gasteiger partial charge in [-0.2, -0.15) is 0 Å². The molecule has 0 saturated carbocycles. The second-order valence-electron chi connectivity index (χ2n) is 7.93. The van der Waals surface area contributed by atoms with Crippen LogP contribution in [0, 0.1) is 5.92 Å². The van der Waals surface area contributed by atoms with Gasteiger partial charge in [0.05, 0.1) is 5.92 Å². The Morgan fingerprint density at radius 3 is 2.73 bits per heavy atom. The van der Waals surface area contributed by atoms with Crippen LogP contribution in [0.15, 0.2) is 54.4 Å². The summed E-state index contributed by atoms with van der Waals surface area (Å²) in [6, 6.07) is 12.6. The van der Waals surface area contributed by atoms with Gasteiger partial charge in [-0.05, 0) is 41.8 Å². The molecule has 2 aromatic rings. The van der Waals surface area contributed by atoms with Crippen LogP contribution in [0.4, 0.5) is 0 Å². The first-order chi connectivity index (χ1) is 14.7. The number of benzene rings is 1. The quantitative estimate of drug-likeness (QED) is 0.666. The Kier molecular flexibility index (Phi) is 6.65. The van der Waals surface area contributed by atoms with Crippen LogP contribution >= 0.6 is 11.3 Å². The van der Waals surface area contributed by atoms with Crippen molar-refractivity contribution in [2.45, 2.75) is 25.4 Å². The summed E-state index contributed by atoms with van der Waals surface area (Å²) in [5, 5.41) is 2.07. The molecule has 0 spiro atoms. The number of hydrogen-bond donors (Lipinski definition) is 0. The minimum absolute atomic E-state index is 0.0267. The Morgan fingerprint density at radius 1 is 1.23 bits per heavy atom. The summed E-state index contributed by atoms with van der Waals surface area (Å²) < 4.78 is 5.61. The molecule has 0 aliphatic carbocycles. The maximum Gasteiger partial charge on any atom is 0.251 e. The highest BCUT2D eigenvalue weighted by molar-refractivity contribution is 7.13. The number of thiophene rings is 1. The van der Waals surface area contributed by atoms with E-state index >= 15 is 0 Å². The van der Waals surface area contributed by atoms with Gasteiger partial charge in [-0.25, -0.2) is 0 Å².